The summed E-state index contributed by atoms with van der Waals surface area (Å²) in [5.41, 5.74) is 0. The molecule has 154 valence electrons. The molecule has 0 aromatic heterocycles. The lowest BCUT2D eigenvalue weighted by molar-refractivity contribution is -0.289. The summed E-state index contributed by atoms with van der Waals surface area (Å²) in [5, 5.41) is 66.2. The summed E-state index contributed by atoms with van der Waals surface area (Å²) in [4.78, 5) is 22.6. The fourth-order valence-electron chi connectivity index (χ4n) is 2.43. The lowest BCUT2D eigenvalue weighted by Gasteiger charge is -2.38. The van der Waals surface area contributed by atoms with Gasteiger partial charge in [0.05, 0.1) is 12.7 Å². The summed E-state index contributed by atoms with van der Waals surface area (Å²) in [6.45, 7) is -1.39. The number of aliphatic hydroxyl groups excluding tert-OH is 7. The van der Waals surface area contributed by atoms with Gasteiger partial charge >= 0.3 is 12.1 Å². The van der Waals surface area contributed by atoms with Gasteiger partial charge in [0, 0.05) is 6.42 Å². The molecule has 2 aliphatic rings. The fraction of sp³-hybridized carbons (Fsp3) is 0.714. The zero-order valence-electron chi connectivity index (χ0n) is 13.7. The lowest BCUT2D eigenvalue weighted by atomic mass is 9.99. The van der Waals surface area contributed by atoms with Crippen LogP contribution in [0.2, 0.25) is 0 Å². The molecular weight excluding hydrogens is 376 g/mol. The molecule has 13 nitrogen and oxygen atoms in total. The SMILES string of the molecule is O=C(OCC(O)C[C@H]1OC(=O)C(O)=C1O)O[C@@H]1OC(CO)[C@@H](O)[C@@H](O)C1O. The van der Waals surface area contributed by atoms with E-state index in [-0.39, 0.29) is 0 Å². The Bertz CT molecular complexity index is 588. The van der Waals surface area contributed by atoms with E-state index in [4.69, 9.17) is 14.9 Å². The van der Waals surface area contributed by atoms with Crippen molar-refractivity contribution in [2.75, 3.05) is 13.2 Å². The average Bonchev–Trinajstić information content (AvgIpc) is 2.87. The molecule has 1 fully saturated rings. The van der Waals surface area contributed by atoms with Gasteiger partial charge in [-0.05, 0) is 0 Å². The molecule has 0 aromatic rings. The van der Waals surface area contributed by atoms with Gasteiger partial charge in [0.15, 0.2) is 11.9 Å². The molecule has 0 radical (unpaired) electrons. The molecule has 0 amide bonds. The van der Waals surface area contributed by atoms with Crippen molar-refractivity contribution in [3.8, 4) is 0 Å². The number of rotatable bonds is 6. The molecule has 3 unspecified atom stereocenters. The number of hydrogen-bond donors (Lipinski definition) is 7. The van der Waals surface area contributed by atoms with Crippen LogP contribution >= 0.6 is 0 Å². The summed E-state index contributed by atoms with van der Waals surface area (Å²) in [5.74, 6) is -2.90. The monoisotopic (exact) mass is 396 g/mol. The molecule has 2 aliphatic heterocycles. The number of hydrogen-bond acceptors (Lipinski definition) is 13. The number of aliphatic hydroxyl groups is 7. The van der Waals surface area contributed by atoms with Crippen molar-refractivity contribution in [1.82, 2.24) is 0 Å². The van der Waals surface area contributed by atoms with Gasteiger partial charge in [-0.1, -0.05) is 0 Å². The first kappa shape index (κ1) is 21.1. The Hall–Kier alpha value is -2.16. The van der Waals surface area contributed by atoms with Gasteiger partial charge < -0.3 is 54.7 Å². The van der Waals surface area contributed by atoms with Crippen molar-refractivity contribution in [2.45, 2.75) is 49.3 Å². The van der Waals surface area contributed by atoms with E-state index in [1.165, 1.54) is 0 Å². The van der Waals surface area contributed by atoms with Gasteiger partial charge in [-0.3, -0.25) is 0 Å². The largest absolute Gasteiger partial charge is 0.510 e. The van der Waals surface area contributed by atoms with Gasteiger partial charge in [0.1, 0.15) is 31.0 Å². The van der Waals surface area contributed by atoms with Crippen LogP contribution in [0, 0.1) is 0 Å². The Kier molecular flexibility index (Phi) is 6.80. The first-order valence-corrected chi connectivity index (χ1v) is 7.80. The third kappa shape index (κ3) is 4.77. The lowest BCUT2D eigenvalue weighted by Crippen LogP contribution is -2.59. The van der Waals surface area contributed by atoms with Crippen LogP contribution in [0.5, 0.6) is 0 Å². The molecule has 2 heterocycles. The van der Waals surface area contributed by atoms with Crippen LogP contribution in [-0.2, 0) is 23.7 Å². The van der Waals surface area contributed by atoms with Crippen molar-refractivity contribution >= 4 is 12.1 Å². The van der Waals surface area contributed by atoms with Crippen molar-refractivity contribution in [2.24, 2.45) is 0 Å². The number of carbonyl (C=O) groups excluding carboxylic acids is 2. The summed E-state index contributed by atoms with van der Waals surface area (Å²) in [7, 11) is 0. The zero-order chi connectivity index (χ0) is 20.3. The van der Waals surface area contributed by atoms with Crippen LogP contribution in [-0.4, -0.2) is 104 Å². The van der Waals surface area contributed by atoms with Gasteiger partial charge in [-0.2, -0.15) is 0 Å². The summed E-state index contributed by atoms with van der Waals surface area (Å²) < 4.78 is 18.7. The third-order valence-electron chi connectivity index (χ3n) is 3.93. The molecule has 0 saturated carbocycles. The van der Waals surface area contributed by atoms with E-state index in [2.05, 4.69) is 14.2 Å². The predicted molar refractivity (Wildman–Crippen MR) is 79.0 cm³/mol. The number of cyclic esters (lactones) is 1. The zero-order valence-corrected chi connectivity index (χ0v) is 13.7. The Morgan fingerprint density at radius 1 is 1.15 bits per heavy atom. The highest BCUT2D eigenvalue weighted by atomic mass is 16.8. The van der Waals surface area contributed by atoms with Gasteiger partial charge in [-0.15, -0.1) is 0 Å². The topological polar surface area (TPSA) is 213 Å². The van der Waals surface area contributed by atoms with E-state index >= 15 is 0 Å². The number of esters is 1. The minimum Gasteiger partial charge on any atom is -0.505 e. The van der Waals surface area contributed by atoms with Gasteiger partial charge in [0.2, 0.25) is 12.0 Å². The van der Waals surface area contributed by atoms with E-state index in [1.807, 2.05) is 0 Å². The van der Waals surface area contributed by atoms with Gasteiger partial charge in [0.25, 0.3) is 0 Å². The summed E-state index contributed by atoms with van der Waals surface area (Å²) in [6.07, 6.45) is -12.8. The minimum atomic E-state index is -1.82. The Morgan fingerprint density at radius 2 is 1.81 bits per heavy atom. The molecule has 7 N–H and O–H groups in total. The molecule has 7 atom stereocenters. The smallest absolute Gasteiger partial charge is 0.505 e. The highest BCUT2D eigenvalue weighted by Crippen LogP contribution is 2.24. The molecule has 1 saturated heterocycles. The van der Waals surface area contributed by atoms with Crippen LogP contribution < -0.4 is 0 Å². The molecule has 0 aliphatic carbocycles. The molecule has 27 heavy (non-hydrogen) atoms. The predicted octanol–water partition coefficient (Wildman–Crippen LogP) is -3.06. The van der Waals surface area contributed by atoms with Crippen LogP contribution in [0.4, 0.5) is 4.79 Å². The fourth-order valence-corrected chi connectivity index (χ4v) is 2.43. The quantitative estimate of drug-likeness (QED) is 0.222. The van der Waals surface area contributed by atoms with Crippen molar-refractivity contribution in [3.05, 3.63) is 11.5 Å². The van der Waals surface area contributed by atoms with Crippen molar-refractivity contribution in [1.29, 1.82) is 0 Å². The summed E-state index contributed by atoms with van der Waals surface area (Å²) in [6, 6.07) is 0. The molecule has 0 spiro atoms. The molecular formula is C14H20O13. The minimum absolute atomic E-state index is 0.394. The Labute approximate surface area is 151 Å². The second-order valence-electron chi connectivity index (χ2n) is 5.89. The summed E-state index contributed by atoms with van der Waals surface area (Å²) >= 11 is 0. The van der Waals surface area contributed by atoms with E-state index < -0.39 is 86.2 Å². The maximum absolute atomic E-state index is 11.6. The molecule has 13 heteroatoms. The first-order chi connectivity index (χ1) is 12.6. The van der Waals surface area contributed by atoms with E-state index in [0.29, 0.717) is 0 Å². The second kappa shape index (κ2) is 8.69. The first-order valence-electron chi connectivity index (χ1n) is 7.80. The average molecular weight is 396 g/mol. The number of carbonyl (C=O) groups is 2. The second-order valence-corrected chi connectivity index (χ2v) is 5.89. The van der Waals surface area contributed by atoms with Crippen molar-refractivity contribution in [3.63, 3.8) is 0 Å². The van der Waals surface area contributed by atoms with E-state index in [9.17, 15) is 35.1 Å². The van der Waals surface area contributed by atoms with Crippen LogP contribution in [0.3, 0.4) is 0 Å². The standard InChI is InChI=1S/C14H20O13/c15-2-6-8(18)9(19)11(21)13(26-6)27-14(23)24-3-4(16)1-5-7(17)10(20)12(22)25-5/h4-6,8-9,11,13,15-21H,1-3H2/t4?,5-,6?,8-,9-,11?,13+/m1/s1. The van der Waals surface area contributed by atoms with Crippen LogP contribution in [0.15, 0.2) is 11.5 Å². The van der Waals surface area contributed by atoms with Gasteiger partial charge in [-0.25, -0.2) is 9.59 Å². The highest BCUT2D eigenvalue weighted by Gasteiger charge is 2.45. The maximum Gasteiger partial charge on any atom is 0.510 e. The normalized spacial score (nSPS) is 34.9. The van der Waals surface area contributed by atoms with Crippen LogP contribution in [0.1, 0.15) is 6.42 Å². The Morgan fingerprint density at radius 3 is 2.37 bits per heavy atom. The van der Waals surface area contributed by atoms with Crippen LogP contribution in [0.25, 0.3) is 0 Å². The third-order valence-corrected chi connectivity index (χ3v) is 3.93. The van der Waals surface area contributed by atoms with Crippen molar-refractivity contribution < 1.29 is 64.3 Å². The molecule has 2 rings (SSSR count). The molecule has 0 bridgehead atoms. The number of ether oxygens (including phenoxy) is 4. The highest BCUT2D eigenvalue weighted by molar-refractivity contribution is 5.88. The van der Waals surface area contributed by atoms with E-state index in [1.54, 1.807) is 0 Å². The maximum atomic E-state index is 11.6. The molecule has 0 aromatic carbocycles. The van der Waals surface area contributed by atoms with E-state index in [0.717, 1.165) is 0 Å². The Balaban J connectivity index is 1.79.